The number of carbonyl (C=O) groups excluding carboxylic acids is 2. The molecule has 0 aliphatic rings. The molecule has 10 heteroatoms. The van der Waals surface area contributed by atoms with Crippen LogP contribution in [-0.4, -0.2) is 74.9 Å². The Morgan fingerprint density at radius 3 is 1.49 bits per heavy atom. The molecule has 0 saturated carbocycles. The molecule has 0 aliphatic heterocycles. The summed E-state index contributed by atoms with van der Waals surface area (Å²) in [5.41, 5.74) is 0. The molecule has 0 aliphatic carbocycles. The van der Waals surface area contributed by atoms with Crippen molar-refractivity contribution >= 4 is 19.8 Å². The van der Waals surface area contributed by atoms with Gasteiger partial charge in [-0.15, -0.1) is 0 Å². The molecular weight excluding hydrogens is 762 g/mol. The van der Waals surface area contributed by atoms with Crippen LogP contribution >= 0.6 is 7.82 Å². The lowest BCUT2D eigenvalue weighted by Gasteiger charge is -2.24. The third kappa shape index (κ3) is 44.6. The Morgan fingerprint density at radius 1 is 0.542 bits per heavy atom. The first-order chi connectivity index (χ1) is 28.5. The molecule has 2 unspecified atom stereocenters. The van der Waals surface area contributed by atoms with Gasteiger partial charge < -0.3 is 18.9 Å². The van der Waals surface area contributed by atoms with Crippen molar-refractivity contribution in [2.45, 2.75) is 168 Å². The van der Waals surface area contributed by atoms with Gasteiger partial charge in [-0.2, -0.15) is 0 Å². The molecule has 9 nitrogen and oxygen atoms in total. The largest absolute Gasteiger partial charge is 0.472 e. The van der Waals surface area contributed by atoms with Crippen LogP contribution in [0, 0.1) is 0 Å². The molecule has 1 N–H and O–H groups in total. The van der Waals surface area contributed by atoms with E-state index in [1.807, 2.05) is 21.1 Å². The molecule has 0 heterocycles. The van der Waals surface area contributed by atoms with Gasteiger partial charge in [-0.25, -0.2) is 4.57 Å². The molecule has 0 aromatic heterocycles. The zero-order chi connectivity index (χ0) is 43.6. The Kier molecular flexibility index (Phi) is 38.7. The van der Waals surface area contributed by atoms with Gasteiger partial charge in [0.15, 0.2) is 6.10 Å². The fourth-order valence-electron chi connectivity index (χ4n) is 5.60. The maximum atomic E-state index is 12.7. The van der Waals surface area contributed by atoms with Gasteiger partial charge >= 0.3 is 19.8 Å². The quantitative estimate of drug-likeness (QED) is 0.0214. The summed E-state index contributed by atoms with van der Waals surface area (Å²) < 4.78 is 34.3. The van der Waals surface area contributed by atoms with Crippen LogP contribution in [0.15, 0.2) is 85.1 Å². The number of carbonyl (C=O) groups is 2. The molecule has 0 radical (unpaired) electrons. The normalized spacial score (nSPS) is 14.3. The van der Waals surface area contributed by atoms with Crippen molar-refractivity contribution in [3.05, 3.63) is 85.1 Å². The van der Waals surface area contributed by atoms with Gasteiger partial charge in [0.2, 0.25) is 0 Å². The summed E-state index contributed by atoms with van der Waals surface area (Å²) in [4.78, 5) is 35.4. The van der Waals surface area contributed by atoms with Gasteiger partial charge in [0, 0.05) is 12.8 Å². The highest BCUT2D eigenvalue weighted by Crippen LogP contribution is 2.43. The van der Waals surface area contributed by atoms with E-state index < -0.39 is 32.5 Å². The molecular formula is C49H85NO8P+. The van der Waals surface area contributed by atoms with Gasteiger partial charge in [-0.3, -0.25) is 18.6 Å². The second-order valence-corrected chi connectivity index (χ2v) is 17.5. The molecule has 0 saturated heterocycles. The third-order valence-electron chi connectivity index (χ3n) is 9.16. The van der Waals surface area contributed by atoms with Gasteiger partial charge in [0.05, 0.1) is 27.7 Å². The number of allylic oxidation sites excluding steroid dienone is 14. The topological polar surface area (TPSA) is 108 Å². The molecule has 0 rings (SSSR count). The van der Waals surface area contributed by atoms with E-state index in [9.17, 15) is 19.0 Å². The van der Waals surface area contributed by atoms with E-state index in [2.05, 4.69) is 98.9 Å². The average molecular weight is 847 g/mol. The molecule has 0 spiro atoms. The van der Waals surface area contributed by atoms with E-state index >= 15 is 0 Å². The van der Waals surface area contributed by atoms with E-state index in [4.69, 9.17) is 18.5 Å². The number of rotatable bonds is 40. The minimum absolute atomic E-state index is 0.0172. The monoisotopic (exact) mass is 847 g/mol. The number of unbranched alkanes of at least 4 members (excludes halogenated alkanes) is 12. The van der Waals surface area contributed by atoms with Crippen molar-refractivity contribution in [3.63, 3.8) is 0 Å². The number of likely N-dealkylation sites (N-methyl/N-ethyl adjacent to an activating group) is 1. The summed E-state index contributed by atoms with van der Waals surface area (Å²) in [6, 6.07) is 0. The number of quaternary nitrogens is 1. The number of esters is 2. The van der Waals surface area contributed by atoms with E-state index in [-0.39, 0.29) is 26.1 Å². The van der Waals surface area contributed by atoms with Crippen molar-refractivity contribution in [3.8, 4) is 0 Å². The lowest BCUT2D eigenvalue weighted by atomic mass is 10.1. The molecule has 0 amide bonds. The van der Waals surface area contributed by atoms with Crippen LogP contribution in [0.2, 0.25) is 0 Å². The second-order valence-electron chi connectivity index (χ2n) is 16.0. The van der Waals surface area contributed by atoms with Gasteiger partial charge in [0.1, 0.15) is 19.8 Å². The maximum Gasteiger partial charge on any atom is 0.472 e. The van der Waals surface area contributed by atoms with Crippen molar-refractivity contribution in [1.82, 2.24) is 0 Å². The number of hydrogen-bond donors (Lipinski definition) is 1. The number of phosphoric ester groups is 1. The van der Waals surface area contributed by atoms with Crippen molar-refractivity contribution in [2.24, 2.45) is 0 Å². The average Bonchev–Trinajstić information content (AvgIpc) is 3.19. The molecule has 0 aromatic rings. The lowest BCUT2D eigenvalue weighted by molar-refractivity contribution is -0.870. The van der Waals surface area contributed by atoms with Crippen LogP contribution in [0.3, 0.4) is 0 Å². The summed E-state index contributed by atoms with van der Waals surface area (Å²) in [5, 5.41) is 0. The van der Waals surface area contributed by atoms with E-state index in [1.54, 1.807) is 0 Å². The zero-order valence-corrected chi connectivity index (χ0v) is 38.8. The van der Waals surface area contributed by atoms with Crippen LogP contribution < -0.4 is 0 Å². The van der Waals surface area contributed by atoms with Crippen molar-refractivity contribution in [2.75, 3.05) is 47.5 Å². The van der Waals surface area contributed by atoms with E-state index in [0.29, 0.717) is 17.4 Å². The SMILES string of the molecule is CC/C=C\C/C=C\C/C=C\C/C=C\C/C=C\C/C=C\CCCCC(=O)OC(COC(=O)CCCCCCC/C=C\CCCCCCC)COP(=O)(O)OCC[N+](C)(C)C. The van der Waals surface area contributed by atoms with Crippen molar-refractivity contribution in [1.29, 1.82) is 0 Å². The molecule has 338 valence electrons. The molecule has 0 bridgehead atoms. The fourth-order valence-corrected chi connectivity index (χ4v) is 6.34. The Labute approximate surface area is 361 Å². The molecule has 2 atom stereocenters. The first kappa shape index (κ1) is 56.2. The standard InChI is InChI=1S/C49H84NO8P/c1-6-8-10-12-14-16-18-20-22-23-24-25-26-27-28-30-32-34-36-38-40-42-49(52)58-47(46-57-59(53,54)56-44-43-50(3,4)5)45-55-48(51)41-39-37-35-33-31-29-21-19-17-15-13-11-9-7-2/h8,10,14,16,19-22,24-25,27-28,32,34,47H,6-7,9,11-13,15,17-18,23,26,29-31,33,35-46H2,1-5H3/p+1/b10-8-,16-14-,21-19-,22-20-,25-24-,28-27-,34-32-. The minimum atomic E-state index is -4.40. The second kappa shape index (κ2) is 40.6. The highest BCUT2D eigenvalue weighted by Gasteiger charge is 2.27. The summed E-state index contributed by atoms with van der Waals surface area (Å²) >= 11 is 0. The van der Waals surface area contributed by atoms with Crippen LogP contribution in [-0.2, 0) is 32.7 Å². The maximum absolute atomic E-state index is 12.7. The zero-order valence-electron chi connectivity index (χ0n) is 38.0. The lowest BCUT2D eigenvalue weighted by Crippen LogP contribution is -2.37. The fraction of sp³-hybridized carbons (Fsp3) is 0.673. The first-order valence-electron chi connectivity index (χ1n) is 22.8. The smallest absolute Gasteiger partial charge is 0.462 e. The van der Waals surface area contributed by atoms with Gasteiger partial charge in [-0.1, -0.05) is 144 Å². The number of ether oxygens (including phenoxy) is 2. The van der Waals surface area contributed by atoms with Crippen LogP contribution in [0.5, 0.6) is 0 Å². The van der Waals surface area contributed by atoms with Crippen LogP contribution in [0.25, 0.3) is 0 Å². The highest BCUT2D eigenvalue weighted by molar-refractivity contribution is 7.47. The molecule has 0 fully saturated rings. The first-order valence-corrected chi connectivity index (χ1v) is 24.3. The Bertz CT molecular complexity index is 1280. The Morgan fingerprint density at radius 2 is 0.966 bits per heavy atom. The minimum Gasteiger partial charge on any atom is -0.462 e. The predicted molar refractivity (Wildman–Crippen MR) is 247 cm³/mol. The van der Waals surface area contributed by atoms with Crippen LogP contribution in [0.4, 0.5) is 0 Å². The molecule has 0 aromatic carbocycles. The summed E-state index contributed by atoms with van der Waals surface area (Å²) in [6.07, 6.45) is 52.0. The Hall–Kier alpha value is -2.81. The molecule has 59 heavy (non-hydrogen) atoms. The van der Waals surface area contributed by atoms with Crippen molar-refractivity contribution < 1.29 is 42.1 Å². The number of phosphoric acid groups is 1. The third-order valence-corrected chi connectivity index (χ3v) is 10.1. The van der Waals surface area contributed by atoms with Gasteiger partial charge in [0.25, 0.3) is 0 Å². The highest BCUT2D eigenvalue weighted by atomic mass is 31.2. The van der Waals surface area contributed by atoms with Gasteiger partial charge in [-0.05, 0) is 89.9 Å². The summed E-state index contributed by atoms with van der Waals surface area (Å²) in [7, 11) is 1.43. The van der Waals surface area contributed by atoms with E-state index in [0.717, 1.165) is 89.9 Å². The van der Waals surface area contributed by atoms with E-state index in [1.165, 1.54) is 38.5 Å². The summed E-state index contributed by atoms with van der Waals surface area (Å²) in [6.45, 7) is 4.22. The number of hydrogen-bond acceptors (Lipinski definition) is 7. The Balaban J connectivity index is 4.46. The summed E-state index contributed by atoms with van der Waals surface area (Å²) in [5.74, 6) is -0.867. The van der Waals surface area contributed by atoms with Crippen LogP contribution in [0.1, 0.15) is 162 Å². The number of nitrogens with zero attached hydrogens (tertiary/aromatic N) is 1. The predicted octanol–water partition coefficient (Wildman–Crippen LogP) is 13.2.